The summed E-state index contributed by atoms with van der Waals surface area (Å²) >= 11 is 0. The first kappa shape index (κ1) is 20.0. The van der Waals surface area contributed by atoms with E-state index >= 15 is 0 Å². The molecule has 0 saturated carbocycles. The van der Waals surface area contributed by atoms with Crippen LogP contribution in [0, 0.1) is 27.7 Å². The number of rotatable bonds is 2. The van der Waals surface area contributed by atoms with Gasteiger partial charge in [-0.3, -0.25) is 0 Å². The molecule has 0 N–H and O–H groups in total. The van der Waals surface area contributed by atoms with Gasteiger partial charge in [0, 0.05) is 12.0 Å². The van der Waals surface area contributed by atoms with Gasteiger partial charge in [-0.15, -0.1) is 0 Å². The summed E-state index contributed by atoms with van der Waals surface area (Å²) in [7, 11) is 2.24. The van der Waals surface area contributed by atoms with E-state index in [1.807, 2.05) is 0 Å². The second kappa shape index (κ2) is 7.18. The molecule has 0 radical (unpaired) electrons. The SMILES string of the molecule is Cc1cc(C)c(-n2c(-c3ccccc3C)[n+](C)c3c4c(ccc32)-c2ccccc2C4)c(C)c1. The van der Waals surface area contributed by atoms with E-state index in [2.05, 4.69) is 117 Å². The smallest absolute Gasteiger partial charge is 0.225 e. The van der Waals surface area contributed by atoms with E-state index in [1.54, 1.807) is 0 Å². The highest BCUT2D eigenvalue weighted by Crippen LogP contribution is 2.42. The lowest BCUT2D eigenvalue weighted by molar-refractivity contribution is -0.634. The second-order valence-electron chi connectivity index (χ2n) is 9.57. The van der Waals surface area contributed by atoms with E-state index in [0.29, 0.717) is 0 Å². The summed E-state index contributed by atoms with van der Waals surface area (Å²) < 4.78 is 4.94. The largest absolute Gasteiger partial charge is 0.295 e. The molecule has 1 heterocycles. The maximum atomic E-state index is 2.50. The fourth-order valence-electron chi connectivity index (χ4n) is 5.98. The van der Waals surface area contributed by atoms with Crippen molar-refractivity contribution in [1.82, 2.24) is 4.57 Å². The lowest BCUT2D eigenvalue weighted by atomic mass is 10.0. The van der Waals surface area contributed by atoms with E-state index in [4.69, 9.17) is 0 Å². The Morgan fingerprint density at radius 1 is 0.697 bits per heavy atom. The van der Waals surface area contributed by atoms with Crippen molar-refractivity contribution in [1.29, 1.82) is 0 Å². The molecule has 0 amide bonds. The minimum absolute atomic E-state index is 0.986. The summed E-state index contributed by atoms with van der Waals surface area (Å²) in [6, 6.07) is 26.9. The average Bonchev–Trinajstić information content (AvgIpc) is 3.29. The first-order valence-corrected chi connectivity index (χ1v) is 11.7. The molecule has 5 aromatic rings. The molecule has 0 aliphatic heterocycles. The maximum Gasteiger partial charge on any atom is 0.295 e. The van der Waals surface area contributed by atoms with Gasteiger partial charge in [0.05, 0.1) is 12.6 Å². The monoisotopic (exact) mass is 429 g/mol. The van der Waals surface area contributed by atoms with Gasteiger partial charge in [-0.25, -0.2) is 4.57 Å². The molecule has 2 heteroatoms. The Kier molecular flexibility index (Phi) is 4.35. The van der Waals surface area contributed by atoms with Crippen LogP contribution in [0.1, 0.15) is 33.4 Å². The zero-order valence-corrected chi connectivity index (χ0v) is 20.0. The number of nitrogens with zero attached hydrogens (tertiary/aromatic N) is 2. The molecule has 0 unspecified atom stereocenters. The molecule has 1 aliphatic carbocycles. The van der Waals surface area contributed by atoms with Crippen LogP contribution >= 0.6 is 0 Å². The molecule has 33 heavy (non-hydrogen) atoms. The van der Waals surface area contributed by atoms with E-state index in [-0.39, 0.29) is 0 Å². The molecular formula is C31H29N2+. The summed E-state index contributed by atoms with van der Waals surface area (Å²) in [6.07, 6.45) is 0.986. The third-order valence-corrected chi connectivity index (χ3v) is 7.29. The molecule has 0 fully saturated rings. The molecular weight excluding hydrogens is 400 g/mol. The number of hydrogen-bond donors (Lipinski definition) is 0. The molecule has 4 aromatic carbocycles. The van der Waals surface area contributed by atoms with Gasteiger partial charge in [-0.2, -0.15) is 4.57 Å². The summed E-state index contributed by atoms with van der Waals surface area (Å²) in [5.74, 6) is 1.24. The third kappa shape index (κ3) is 2.83. The molecule has 1 aliphatic rings. The van der Waals surface area contributed by atoms with E-state index in [0.717, 1.165) is 6.42 Å². The van der Waals surface area contributed by atoms with Gasteiger partial charge in [-0.1, -0.05) is 60.2 Å². The van der Waals surface area contributed by atoms with Crippen LogP contribution < -0.4 is 4.57 Å². The van der Waals surface area contributed by atoms with Gasteiger partial charge < -0.3 is 0 Å². The number of aryl methyl sites for hydroxylation is 5. The van der Waals surface area contributed by atoms with Gasteiger partial charge in [0.25, 0.3) is 5.82 Å². The van der Waals surface area contributed by atoms with Gasteiger partial charge in [-0.05, 0) is 79.3 Å². The molecule has 0 bridgehead atoms. The first-order chi connectivity index (χ1) is 16.0. The van der Waals surface area contributed by atoms with Crippen molar-refractivity contribution < 1.29 is 4.57 Å². The number of imidazole rings is 1. The average molecular weight is 430 g/mol. The van der Waals surface area contributed by atoms with Crippen LogP contribution in [0.5, 0.6) is 0 Å². The fourth-order valence-corrected chi connectivity index (χ4v) is 5.98. The van der Waals surface area contributed by atoms with Crippen molar-refractivity contribution in [2.45, 2.75) is 34.1 Å². The zero-order valence-electron chi connectivity index (χ0n) is 20.0. The molecule has 1 aromatic heterocycles. The topological polar surface area (TPSA) is 8.81 Å². The Morgan fingerprint density at radius 3 is 2.09 bits per heavy atom. The number of benzene rings is 4. The van der Waals surface area contributed by atoms with Crippen molar-refractivity contribution in [3.05, 3.63) is 106 Å². The van der Waals surface area contributed by atoms with Crippen LogP contribution in [0.2, 0.25) is 0 Å². The van der Waals surface area contributed by atoms with E-state index in [9.17, 15) is 0 Å². The molecule has 0 saturated heterocycles. The summed E-state index contributed by atoms with van der Waals surface area (Å²) in [4.78, 5) is 0. The molecule has 162 valence electrons. The van der Waals surface area contributed by atoms with Gasteiger partial charge >= 0.3 is 0 Å². The van der Waals surface area contributed by atoms with Crippen LogP contribution in [0.3, 0.4) is 0 Å². The lowest BCUT2D eigenvalue weighted by Gasteiger charge is -2.12. The Hall–Kier alpha value is -3.65. The van der Waals surface area contributed by atoms with Crippen LogP contribution in [0.4, 0.5) is 0 Å². The molecule has 6 rings (SSSR count). The van der Waals surface area contributed by atoms with Gasteiger partial charge in [0.15, 0.2) is 11.0 Å². The van der Waals surface area contributed by atoms with Crippen molar-refractivity contribution in [3.8, 4) is 28.2 Å². The Bertz CT molecular complexity index is 1560. The predicted octanol–water partition coefficient (Wildman–Crippen LogP) is 6.93. The van der Waals surface area contributed by atoms with Crippen LogP contribution in [0.25, 0.3) is 39.2 Å². The van der Waals surface area contributed by atoms with Crippen molar-refractivity contribution in [2.24, 2.45) is 7.05 Å². The third-order valence-electron chi connectivity index (χ3n) is 7.29. The fraction of sp³-hybridized carbons (Fsp3) is 0.194. The van der Waals surface area contributed by atoms with Crippen molar-refractivity contribution in [2.75, 3.05) is 0 Å². The highest BCUT2D eigenvalue weighted by Gasteiger charge is 2.33. The summed E-state index contributed by atoms with van der Waals surface area (Å²) in [5.41, 5.74) is 16.0. The summed E-state index contributed by atoms with van der Waals surface area (Å²) in [5, 5.41) is 0. The normalized spacial score (nSPS) is 12.3. The maximum absolute atomic E-state index is 2.50. The Balaban J connectivity index is 1.78. The number of aromatic nitrogens is 2. The molecule has 0 atom stereocenters. The van der Waals surface area contributed by atoms with Crippen LogP contribution in [-0.2, 0) is 13.5 Å². The van der Waals surface area contributed by atoms with Crippen molar-refractivity contribution in [3.63, 3.8) is 0 Å². The van der Waals surface area contributed by atoms with E-state index < -0.39 is 0 Å². The van der Waals surface area contributed by atoms with E-state index in [1.165, 1.54) is 72.6 Å². The van der Waals surface area contributed by atoms with Crippen LogP contribution in [0.15, 0.2) is 72.8 Å². The molecule has 2 nitrogen and oxygen atoms in total. The van der Waals surface area contributed by atoms with Gasteiger partial charge in [0.2, 0.25) is 0 Å². The predicted molar refractivity (Wildman–Crippen MR) is 137 cm³/mol. The minimum Gasteiger partial charge on any atom is -0.225 e. The minimum atomic E-state index is 0.986. The molecule has 0 spiro atoms. The first-order valence-electron chi connectivity index (χ1n) is 11.7. The van der Waals surface area contributed by atoms with Gasteiger partial charge in [0.1, 0.15) is 5.69 Å². The standard InChI is InChI=1S/C31H29N2/c1-19-16-21(3)29(22(4)17-19)33-28-15-14-26-25-13-9-7-11-23(25)18-27(26)30(28)32(5)31(33)24-12-8-6-10-20(24)2/h6-17H,18H2,1-5H3/q+1. The quantitative estimate of drug-likeness (QED) is 0.264. The Morgan fingerprint density at radius 2 is 1.36 bits per heavy atom. The second-order valence-corrected chi connectivity index (χ2v) is 9.57. The zero-order chi connectivity index (χ0) is 22.9. The highest BCUT2D eigenvalue weighted by molar-refractivity contribution is 5.92. The van der Waals surface area contributed by atoms with Crippen LogP contribution in [-0.4, -0.2) is 4.57 Å². The summed E-state index contributed by atoms with van der Waals surface area (Å²) in [6.45, 7) is 8.88. The highest BCUT2D eigenvalue weighted by atomic mass is 15.2. The van der Waals surface area contributed by atoms with Crippen molar-refractivity contribution >= 4 is 11.0 Å². The number of fused-ring (bicyclic) bond motifs is 5. The lowest BCUT2D eigenvalue weighted by Crippen LogP contribution is -2.31. The Labute approximate surface area is 195 Å². The number of hydrogen-bond acceptors (Lipinski definition) is 0.